The molecule has 1 aliphatic rings. The number of ether oxygens (including phenoxy) is 2. The Morgan fingerprint density at radius 2 is 1.85 bits per heavy atom. The zero-order valence-corrected chi connectivity index (χ0v) is 24.6. The molecule has 1 unspecified atom stereocenters. The van der Waals surface area contributed by atoms with Crippen LogP contribution in [0.15, 0.2) is 77.3 Å². The Balaban J connectivity index is 1.54. The second-order valence-corrected chi connectivity index (χ2v) is 11.7. The van der Waals surface area contributed by atoms with Crippen molar-refractivity contribution in [1.82, 2.24) is 5.32 Å². The fraction of sp³-hybridized carbons (Fsp3) is 0.290. The van der Waals surface area contributed by atoms with Crippen LogP contribution in [0, 0.1) is 0 Å². The molecule has 0 radical (unpaired) electrons. The van der Waals surface area contributed by atoms with E-state index in [0.29, 0.717) is 30.3 Å². The maximum absolute atomic E-state index is 13.6. The van der Waals surface area contributed by atoms with Crippen LogP contribution in [0.2, 0.25) is 5.02 Å². The molecule has 0 bridgehead atoms. The Hall–Kier alpha value is -3.29. The lowest BCUT2D eigenvalue weighted by molar-refractivity contribution is -0.114. The van der Waals surface area contributed by atoms with Gasteiger partial charge in [-0.15, -0.1) is 0 Å². The first-order valence-corrected chi connectivity index (χ1v) is 14.0. The molecule has 3 aromatic rings. The molecule has 4 rings (SSSR count). The van der Waals surface area contributed by atoms with Crippen molar-refractivity contribution in [2.24, 2.45) is 0 Å². The van der Waals surface area contributed by atoms with Crippen LogP contribution in [-0.2, 0) is 22.6 Å². The van der Waals surface area contributed by atoms with Crippen molar-refractivity contribution in [2.75, 3.05) is 11.4 Å². The van der Waals surface area contributed by atoms with E-state index >= 15 is 0 Å². The second-order valence-electron chi connectivity index (χ2n) is 10.4. The van der Waals surface area contributed by atoms with Gasteiger partial charge < -0.3 is 19.7 Å². The summed E-state index contributed by atoms with van der Waals surface area (Å²) in [5, 5.41) is 3.58. The van der Waals surface area contributed by atoms with Gasteiger partial charge in [-0.05, 0) is 75.6 Å². The van der Waals surface area contributed by atoms with Gasteiger partial charge in [0.25, 0.3) is 5.91 Å². The molecule has 2 amide bonds. The van der Waals surface area contributed by atoms with E-state index in [9.17, 15) is 9.59 Å². The van der Waals surface area contributed by atoms with Crippen molar-refractivity contribution >= 4 is 51.3 Å². The Morgan fingerprint density at radius 3 is 2.62 bits per heavy atom. The predicted octanol–water partition coefficient (Wildman–Crippen LogP) is 7.57. The molecule has 6 nitrogen and oxygen atoms in total. The Kier molecular flexibility index (Phi) is 9.36. The first-order chi connectivity index (χ1) is 18.6. The molecular formula is C31H32BrClN2O4. The number of rotatable bonds is 6. The number of nitrogens with one attached hydrogen (secondary N) is 1. The molecule has 1 heterocycles. The average molecular weight is 612 g/mol. The SMILES string of the molecule is CC(C)(C)OC(=O)NC1CCc2ccccc2N(C(=O)/C=C/c2cc(Br)ccc2OCc2ccccc2Cl)C1. The summed E-state index contributed by atoms with van der Waals surface area (Å²) in [4.78, 5) is 27.8. The fourth-order valence-electron chi connectivity index (χ4n) is 4.33. The molecular weight excluding hydrogens is 580 g/mol. The van der Waals surface area contributed by atoms with Crippen molar-refractivity contribution in [3.8, 4) is 5.75 Å². The largest absolute Gasteiger partial charge is 0.488 e. The molecule has 0 spiro atoms. The highest BCUT2D eigenvalue weighted by Crippen LogP contribution is 2.29. The van der Waals surface area contributed by atoms with Gasteiger partial charge in [-0.25, -0.2) is 4.79 Å². The van der Waals surface area contributed by atoms with Crippen LogP contribution in [-0.4, -0.2) is 30.2 Å². The van der Waals surface area contributed by atoms with Gasteiger partial charge in [0.2, 0.25) is 0 Å². The summed E-state index contributed by atoms with van der Waals surface area (Å²) in [6, 6.07) is 20.7. The average Bonchev–Trinajstić information content (AvgIpc) is 3.06. The standard InChI is InChI=1S/C31H32BrClN2O4/c1-31(2,3)39-30(37)34-25-15-12-21-8-5-7-11-27(21)35(19-25)29(36)17-13-22-18-24(32)14-16-28(22)38-20-23-9-4-6-10-26(23)33/h4-11,13-14,16-18,25H,12,15,19-20H2,1-3H3,(H,34,37)/b17-13+. The summed E-state index contributed by atoms with van der Waals surface area (Å²) in [6.07, 6.45) is 4.22. The monoisotopic (exact) mass is 610 g/mol. The highest BCUT2D eigenvalue weighted by atomic mass is 79.9. The second kappa shape index (κ2) is 12.7. The molecule has 204 valence electrons. The highest BCUT2D eigenvalue weighted by molar-refractivity contribution is 9.10. The lowest BCUT2D eigenvalue weighted by Crippen LogP contribution is -2.46. The third-order valence-corrected chi connectivity index (χ3v) is 7.01. The Labute approximate surface area is 243 Å². The van der Waals surface area contributed by atoms with E-state index < -0.39 is 11.7 Å². The van der Waals surface area contributed by atoms with Gasteiger partial charge in [0, 0.05) is 38.9 Å². The number of aryl methyl sites for hydroxylation is 1. The third kappa shape index (κ3) is 8.10. The molecule has 0 saturated heterocycles. The zero-order valence-electron chi connectivity index (χ0n) is 22.2. The van der Waals surface area contributed by atoms with Gasteiger partial charge in [-0.2, -0.15) is 0 Å². The molecule has 1 atom stereocenters. The van der Waals surface area contributed by atoms with Crippen molar-refractivity contribution < 1.29 is 19.1 Å². The number of benzene rings is 3. The minimum Gasteiger partial charge on any atom is -0.488 e. The van der Waals surface area contributed by atoms with E-state index in [4.69, 9.17) is 21.1 Å². The summed E-state index contributed by atoms with van der Waals surface area (Å²) in [5.74, 6) is 0.431. The number of fused-ring (bicyclic) bond motifs is 1. The van der Waals surface area contributed by atoms with E-state index in [-0.39, 0.29) is 11.9 Å². The molecule has 0 aromatic heterocycles. The van der Waals surface area contributed by atoms with E-state index in [2.05, 4.69) is 21.2 Å². The van der Waals surface area contributed by atoms with Crippen molar-refractivity contribution in [3.63, 3.8) is 0 Å². The minimum atomic E-state index is -0.606. The molecule has 1 N–H and O–H groups in total. The van der Waals surface area contributed by atoms with Crippen molar-refractivity contribution in [1.29, 1.82) is 0 Å². The van der Waals surface area contributed by atoms with Crippen LogP contribution < -0.4 is 15.0 Å². The summed E-state index contributed by atoms with van der Waals surface area (Å²) in [6.45, 7) is 6.10. The molecule has 1 aliphatic heterocycles. The lowest BCUT2D eigenvalue weighted by Gasteiger charge is -2.27. The maximum atomic E-state index is 13.6. The van der Waals surface area contributed by atoms with Crippen molar-refractivity contribution in [2.45, 2.75) is 51.9 Å². The smallest absolute Gasteiger partial charge is 0.407 e. The van der Waals surface area contributed by atoms with Gasteiger partial charge in [0.05, 0.1) is 6.04 Å². The topological polar surface area (TPSA) is 67.9 Å². The van der Waals surface area contributed by atoms with Gasteiger partial charge in [-0.1, -0.05) is 63.9 Å². The van der Waals surface area contributed by atoms with Crippen LogP contribution in [0.1, 0.15) is 43.9 Å². The molecule has 39 heavy (non-hydrogen) atoms. The number of anilines is 1. The Morgan fingerprint density at radius 1 is 1.10 bits per heavy atom. The van der Waals surface area contributed by atoms with Gasteiger partial charge in [-0.3, -0.25) is 4.79 Å². The summed E-state index contributed by atoms with van der Waals surface area (Å²) < 4.78 is 12.4. The number of hydrogen-bond donors (Lipinski definition) is 1. The molecule has 0 saturated carbocycles. The fourth-order valence-corrected chi connectivity index (χ4v) is 4.90. The zero-order chi connectivity index (χ0) is 28.0. The number of amides is 2. The van der Waals surface area contributed by atoms with Crippen LogP contribution in [0.5, 0.6) is 5.75 Å². The number of carbonyl (C=O) groups excluding carboxylic acids is 2. The molecule has 8 heteroatoms. The highest BCUT2D eigenvalue weighted by Gasteiger charge is 2.27. The Bertz CT molecular complexity index is 1370. The first-order valence-electron chi connectivity index (χ1n) is 12.8. The van der Waals surface area contributed by atoms with Gasteiger partial charge >= 0.3 is 6.09 Å². The normalized spacial score (nSPS) is 15.4. The van der Waals surface area contributed by atoms with Crippen LogP contribution in [0.4, 0.5) is 10.5 Å². The number of carbonyl (C=O) groups is 2. The van der Waals surface area contributed by atoms with Gasteiger partial charge in [0.15, 0.2) is 0 Å². The summed E-state index contributed by atoms with van der Waals surface area (Å²) in [5.41, 5.74) is 2.91. The predicted molar refractivity (Wildman–Crippen MR) is 159 cm³/mol. The summed E-state index contributed by atoms with van der Waals surface area (Å²) in [7, 11) is 0. The van der Waals surface area contributed by atoms with E-state index in [0.717, 1.165) is 33.3 Å². The number of halogens is 2. The quantitative estimate of drug-likeness (QED) is 0.292. The number of nitrogens with zero attached hydrogens (tertiary/aromatic N) is 1. The van der Waals surface area contributed by atoms with Crippen LogP contribution >= 0.6 is 27.5 Å². The number of hydrogen-bond acceptors (Lipinski definition) is 4. The first kappa shape index (κ1) is 28.7. The molecule has 0 fully saturated rings. The number of para-hydroxylation sites is 1. The van der Waals surface area contributed by atoms with Crippen molar-refractivity contribution in [3.05, 3.63) is 99.0 Å². The third-order valence-electron chi connectivity index (χ3n) is 6.15. The van der Waals surface area contributed by atoms with Crippen LogP contribution in [0.25, 0.3) is 6.08 Å². The van der Waals surface area contributed by atoms with E-state index in [1.807, 2.05) is 87.5 Å². The van der Waals surface area contributed by atoms with Gasteiger partial charge in [0.1, 0.15) is 18.0 Å². The minimum absolute atomic E-state index is 0.197. The van der Waals surface area contributed by atoms with Crippen LogP contribution in [0.3, 0.4) is 0 Å². The molecule has 3 aromatic carbocycles. The number of alkyl carbamates (subject to hydrolysis) is 1. The summed E-state index contributed by atoms with van der Waals surface area (Å²) >= 11 is 9.80. The lowest BCUT2D eigenvalue weighted by atomic mass is 10.1. The van der Waals surface area contributed by atoms with E-state index in [1.54, 1.807) is 11.0 Å². The maximum Gasteiger partial charge on any atom is 0.407 e. The molecule has 0 aliphatic carbocycles. The van der Waals surface area contributed by atoms with E-state index in [1.165, 1.54) is 6.08 Å².